The molecule has 0 fully saturated rings. The van der Waals surface area contributed by atoms with Crippen LogP contribution in [0.1, 0.15) is 57.4 Å². The van der Waals surface area contributed by atoms with Crippen molar-refractivity contribution in [3.8, 4) is 17.6 Å². The van der Waals surface area contributed by atoms with E-state index >= 15 is 0 Å². The van der Waals surface area contributed by atoms with Crippen molar-refractivity contribution in [2.75, 3.05) is 0 Å². The van der Waals surface area contributed by atoms with Gasteiger partial charge < -0.3 is 14.3 Å². The molecule has 0 N–H and O–H groups in total. The van der Waals surface area contributed by atoms with E-state index in [0.29, 0.717) is 26.5 Å². The van der Waals surface area contributed by atoms with Gasteiger partial charge in [-0.05, 0) is 74.2 Å². The Morgan fingerprint density at radius 2 is 1.09 bits per heavy atom. The summed E-state index contributed by atoms with van der Waals surface area (Å²) in [7, 11) is 0. The first kappa shape index (κ1) is 43.3. The van der Waals surface area contributed by atoms with Gasteiger partial charge >= 0.3 is 50.5 Å². The summed E-state index contributed by atoms with van der Waals surface area (Å²) in [6.45, 7) is 8.68. The third-order valence-corrected chi connectivity index (χ3v) is 6.20. The summed E-state index contributed by atoms with van der Waals surface area (Å²) in [5, 5.41) is 9.16. The minimum absolute atomic E-state index is 0. The van der Waals surface area contributed by atoms with Crippen molar-refractivity contribution < 1.29 is 27.5 Å². The number of nitrogens with zero attached hydrogens (tertiary/aromatic N) is 1. The van der Waals surface area contributed by atoms with Crippen LogP contribution in [0.2, 0.25) is 0 Å². The van der Waals surface area contributed by atoms with Crippen LogP contribution < -0.4 is 22.7 Å². The molecule has 0 heterocycles. The molecule has 4 aromatic carbocycles. The molecule has 0 aliphatic carbocycles. The summed E-state index contributed by atoms with van der Waals surface area (Å²) >= 11 is 9.54. The van der Waals surface area contributed by atoms with Gasteiger partial charge in [0.05, 0.1) is 11.5 Å². The predicted octanol–water partition coefficient (Wildman–Crippen LogP) is 8.99. The van der Waals surface area contributed by atoms with Crippen LogP contribution in [0.15, 0.2) is 109 Å². The van der Waals surface area contributed by atoms with E-state index in [9.17, 15) is 4.79 Å². The number of hydrogen-bond donors (Lipinski definition) is 0. The van der Waals surface area contributed by atoms with Gasteiger partial charge in [0.15, 0.2) is 0 Å². The van der Waals surface area contributed by atoms with Gasteiger partial charge in [-0.15, -0.1) is 0 Å². The Morgan fingerprint density at radius 3 is 1.48 bits per heavy atom. The van der Waals surface area contributed by atoms with E-state index in [4.69, 9.17) is 14.7 Å². The zero-order chi connectivity index (χ0) is 32.1. The van der Waals surface area contributed by atoms with Crippen molar-refractivity contribution in [1.29, 1.82) is 5.26 Å². The van der Waals surface area contributed by atoms with Crippen molar-refractivity contribution in [1.82, 2.24) is 0 Å². The fourth-order valence-electron chi connectivity index (χ4n) is 3.58. The van der Waals surface area contributed by atoms with E-state index in [0.717, 1.165) is 40.0 Å². The molecule has 0 bridgehead atoms. The first-order valence-electron chi connectivity index (χ1n) is 13.1. The van der Waals surface area contributed by atoms with Crippen molar-refractivity contribution in [3.05, 3.63) is 131 Å². The summed E-state index contributed by atoms with van der Waals surface area (Å²) in [5.41, 5.74) is 3.22. The number of carbonyl (C=O) groups excluding carboxylic acids is 1. The van der Waals surface area contributed by atoms with Crippen LogP contribution >= 0.6 is 74.5 Å². The van der Waals surface area contributed by atoms with Crippen molar-refractivity contribution in [2.24, 2.45) is 0 Å². The molecule has 0 spiro atoms. The van der Waals surface area contributed by atoms with Crippen LogP contribution in [-0.2, 0) is 28.8 Å². The monoisotopic (exact) mass is 1160 g/mol. The van der Waals surface area contributed by atoms with Crippen LogP contribution in [0.5, 0.6) is 11.5 Å². The molecule has 238 valence electrons. The molecule has 0 amide bonds. The summed E-state index contributed by atoms with van der Waals surface area (Å²) in [4.78, 5) is 11.1. The van der Waals surface area contributed by atoms with Gasteiger partial charge in [-0.1, -0.05) is 92.4 Å². The Balaban J connectivity index is 0.000000719. The van der Waals surface area contributed by atoms with E-state index in [-0.39, 0.29) is 7.43 Å². The number of aldehydes is 1. The maximum atomic E-state index is 11.1. The fourth-order valence-corrected chi connectivity index (χ4v) is 3.58. The summed E-state index contributed by atoms with van der Waals surface area (Å²) in [6.07, 6.45) is 0.962. The first-order chi connectivity index (χ1) is 20.6. The van der Waals surface area contributed by atoms with Gasteiger partial charge in [0.1, 0.15) is 31.0 Å². The van der Waals surface area contributed by atoms with Crippen LogP contribution in [0.25, 0.3) is 0 Å². The third kappa shape index (κ3) is 16.7. The van der Waals surface area contributed by atoms with E-state index in [1.54, 1.807) is 0 Å². The van der Waals surface area contributed by atoms with Crippen LogP contribution in [0.4, 0.5) is 0 Å². The van der Waals surface area contributed by atoms with E-state index < -0.39 is 10.8 Å². The SMILES string of the molecule is C.CC(C)(C#N)c1cccc(OCc2ccccc2)c1.CC(C)(C=O)c1cccc(OCc2ccccc2)c1.II.I[I-]I. The molecule has 4 rings (SSSR count). The molecule has 0 aliphatic heterocycles. The summed E-state index contributed by atoms with van der Waals surface area (Å²) in [5.74, 6) is 1.58. The van der Waals surface area contributed by atoms with E-state index in [1.165, 1.54) is 0 Å². The summed E-state index contributed by atoms with van der Waals surface area (Å²) in [6, 6.07) is 37.8. The van der Waals surface area contributed by atoms with Gasteiger partial charge in [0.25, 0.3) is 0 Å². The Bertz CT molecular complexity index is 1380. The molecule has 0 aliphatic rings. The number of carbonyl (C=O) groups is 1. The second kappa shape index (κ2) is 24.5. The quantitative estimate of drug-likeness (QED) is 0.124. The summed E-state index contributed by atoms with van der Waals surface area (Å²) < 4.78 is 11.5. The average molecular weight is 1160 g/mol. The number of rotatable bonds is 9. The number of ether oxygens (including phenoxy) is 2. The van der Waals surface area contributed by atoms with Gasteiger partial charge in [0.2, 0.25) is 0 Å². The topological polar surface area (TPSA) is 59.3 Å². The van der Waals surface area contributed by atoms with Gasteiger partial charge in [-0.25, -0.2) is 0 Å². The zero-order valence-electron chi connectivity index (χ0n) is 24.4. The normalized spacial score (nSPS) is 10.1. The minimum atomic E-state index is -0.494. The zero-order valence-corrected chi connectivity index (χ0v) is 35.2. The Morgan fingerprint density at radius 1 is 0.705 bits per heavy atom. The van der Waals surface area contributed by atoms with E-state index in [1.807, 2.05) is 137 Å². The maximum absolute atomic E-state index is 11.1. The molecule has 0 unspecified atom stereocenters. The molecule has 44 heavy (non-hydrogen) atoms. The second-order valence-electron chi connectivity index (χ2n) is 10.2. The van der Waals surface area contributed by atoms with Gasteiger partial charge in [0, 0.05) is 42.6 Å². The molecule has 0 saturated heterocycles. The number of halogens is 5. The number of nitriles is 1. The van der Waals surface area contributed by atoms with Crippen molar-refractivity contribution >= 4 is 80.7 Å². The molecule has 4 nitrogen and oxygen atoms in total. The number of benzene rings is 4. The van der Waals surface area contributed by atoms with E-state index in [2.05, 4.69) is 80.5 Å². The number of hydrogen-bond acceptors (Lipinski definition) is 4. The molecule has 0 saturated carbocycles. The third-order valence-electron chi connectivity index (χ3n) is 6.20. The molecule has 0 radical (unpaired) electrons. The average Bonchev–Trinajstić information content (AvgIpc) is 3.05. The fraction of sp³-hybridized carbons (Fsp3) is 0.257. The molecule has 0 atom stereocenters. The Hall–Kier alpha value is -0.710. The molecule has 0 aromatic heterocycles. The first-order valence-corrected chi connectivity index (χ1v) is 31.9. The molecular formula is C35H39I5NO3-. The molecule has 9 heteroatoms. The van der Waals surface area contributed by atoms with Crippen molar-refractivity contribution in [2.45, 2.75) is 59.2 Å². The second-order valence-corrected chi connectivity index (χ2v) is 26.5. The molecular weight excluding hydrogens is 1120 g/mol. The molecule has 4 aromatic rings. The Kier molecular flexibility index (Phi) is 24.1. The van der Waals surface area contributed by atoms with Crippen LogP contribution in [-0.4, -0.2) is 6.29 Å². The van der Waals surface area contributed by atoms with Crippen molar-refractivity contribution in [3.63, 3.8) is 0 Å². The Labute approximate surface area is 317 Å². The van der Waals surface area contributed by atoms with Crippen LogP contribution in [0, 0.1) is 11.3 Å². The van der Waals surface area contributed by atoms with Gasteiger partial charge in [-0.3, -0.25) is 0 Å². The standard InChI is InChI=1S/C17H17NO.C17H18O2.CH4.I3.I2/c2*1-17(2,13-18)15-9-6-10-16(11-15)19-12-14-7-4-3-5-8-14;;1-3-2;1-2/h3-11H,12H2,1-2H3;3-11,13H,12H2,1-2H3;1H4;;/q;;;-1;. The predicted molar refractivity (Wildman–Crippen MR) is 215 cm³/mol. The van der Waals surface area contributed by atoms with Crippen LogP contribution in [0.3, 0.4) is 0 Å². The van der Waals surface area contributed by atoms with Gasteiger partial charge in [-0.2, -0.15) is 5.26 Å².